The molecular weight excluding hydrogens is 446 g/mol. The van der Waals surface area contributed by atoms with Gasteiger partial charge in [0.05, 0.1) is 24.5 Å². The maximum Gasteiger partial charge on any atom is 0.289 e. The molecule has 5 rings (SSSR count). The summed E-state index contributed by atoms with van der Waals surface area (Å²) in [6.45, 7) is 7.37. The van der Waals surface area contributed by atoms with Crippen molar-refractivity contribution >= 4 is 23.2 Å². The Labute approximate surface area is 204 Å². The molecule has 2 aliphatic heterocycles. The van der Waals surface area contributed by atoms with E-state index >= 15 is 0 Å². The zero-order valence-electron chi connectivity index (χ0n) is 20.0. The van der Waals surface area contributed by atoms with Crippen molar-refractivity contribution in [2.45, 2.75) is 20.4 Å². The van der Waals surface area contributed by atoms with Crippen LogP contribution in [0.4, 0.5) is 11.4 Å². The van der Waals surface area contributed by atoms with Gasteiger partial charge in [-0.25, -0.2) is 0 Å². The van der Waals surface area contributed by atoms with Crippen LogP contribution in [0.1, 0.15) is 28.8 Å². The largest absolute Gasteiger partial charge is 0.492 e. The zero-order valence-corrected chi connectivity index (χ0v) is 20.0. The van der Waals surface area contributed by atoms with Crippen LogP contribution in [0.3, 0.4) is 0 Å². The number of ether oxygens (including phenoxy) is 2. The Bertz CT molecular complexity index is 1230. The first-order chi connectivity index (χ1) is 17.0. The highest BCUT2D eigenvalue weighted by Crippen LogP contribution is 2.34. The van der Waals surface area contributed by atoms with Crippen LogP contribution < -0.4 is 19.3 Å². The summed E-state index contributed by atoms with van der Waals surface area (Å²) in [4.78, 5) is 31.4. The fourth-order valence-corrected chi connectivity index (χ4v) is 4.52. The minimum absolute atomic E-state index is 0.0146. The van der Waals surface area contributed by atoms with Gasteiger partial charge in [0.15, 0.2) is 12.4 Å². The van der Waals surface area contributed by atoms with Crippen molar-refractivity contribution in [1.29, 1.82) is 0 Å². The van der Waals surface area contributed by atoms with Gasteiger partial charge in [-0.1, -0.05) is 18.2 Å². The lowest BCUT2D eigenvalue weighted by atomic mass is 10.1. The molecule has 2 aromatic carbocycles. The van der Waals surface area contributed by atoms with E-state index in [0.29, 0.717) is 50.0 Å². The molecule has 35 heavy (non-hydrogen) atoms. The first-order valence-corrected chi connectivity index (χ1v) is 11.9. The lowest BCUT2D eigenvalue weighted by Gasteiger charge is -2.36. The average molecular weight is 476 g/mol. The zero-order chi connectivity index (χ0) is 24.4. The van der Waals surface area contributed by atoms with Crippen LogP contribution in [0, 0.1) is 6.92 Å². The number of para-hydroxylation sites is 2. The Morgan fingerprint density at radius 2 is 1.80 bits per heavy atom. The van der Waals surface area contributed by atoms with Crippen molar-refractivity contribution in [2.75, 3.05) is 49.2 Å². The molecule has 0 saturated carbocycles. The Morgan fingerprint density at radius 1 is 1.00 bits per heavy atom. The van der Waals surface area contributed by atoms with Crippen LogP contribution in [0.2, 0.25) is 0 Å². The summed E-state index contributed by atoms with van der Waals surface area (Å²) in [6, 6.07) is 17.2. The average Bonchev–Trinajstić information content (AvgIpc) is 3.35. The summed E-state index contributed by atoms with van der Waals surface area (Å²) >= 11 is 0. The molecule has 0 aliphatic carbocycles. The van der Waals surface area contributed by atoms with Crippen molar-refractivity contribution in [1.82, 2.24) is 4.90 Å². The molecule has 182 valence electrons. The van der Waals surface area contributed by atoms with Crippen molar-refractivity contribution in [2.24, 2.45) is 0 Å². The van der Waals surface area contributed by atoms with Gasteiger partial charge in [-0.3, -0.25) is 14.5 Å². The third kappa shape index (κ3) is 4.69. The number of benzene rings is 2. The molecule has 1 saturated heterocycles. The molecule has 1 aromatic heterocycles. The lowest BCUT2D eigenvalue weighted by Crippen LogP contribution is -2.48. The van der Waals surface area contributed by atoms with E-state index in [1.165, 1.54) is 0 Å². The van der Waals surface area contributed by atoms with E-state index in [-0.39, 0.29) is 30.7 Å². The third-order valence-electron chi connectivity index (χ3n) is 6.32. The van der Waals surface area contributed by atoms with E-state index in [1.807, 2.05) is 56.3 Å². The summed E-state index contributed by atoms with van der Waals surface area (Å²) in [6.07, 6.45) is 0. The van der Waals surface area contributed by atoms with E-state index in [1.54, 1.807) is 21.9 Å². The Kier molecular flexibility index (Phi) is 6.35. The van der Waals surface area contributed by atoms with Gasteiger partial charge in [0.1, 0.15) is 17.3 Å². The molecule has 2 aliphatic rings. The molecule has 0 unspecified atom stereocenters. The van der Waals surface area contributed by atoms with Gasteiger partial charge < -0.3 is 23.7 Å². The summed E-state index contributed by atoms with van der Waals surface area (Å²) in [5.41, 5.74) is 2.80. The summed E-state index contributed by atoms with van der Waals surface area (Å²) in [5.74, 6) is 2.09. The minimum Gasteiger partial charge on any atom is -0.492 e. The minimum atomic E-state index is -0.143. The van der Waals surface area contributed by atoms with Gasteiger partial charge in [0.2, 0.25) is 0 Å². The number of amides is 2. The second-order valence-corrected chi connectivity index (χ2v) is 8.69. The highest BCUT2D eigenvalue weighted by Gasteiger charge is 2.29. The highest BCUT2D eigenvalue weighted by atomic mass is 16.5. The van der Waals surface area contributed by atoms with Crippen LogP contribution in [0.5, 0.6) is 11.5 Å². The van der Waals surface area contributed by atoms with Crippen molar-refractivity contribution in [3.05, 3.63) is 71.7 Å². The van der Waals surface area contributed by atoms with Gasteiger partial charge in [-0.05, 0) is 55.8 Å². The van der Waals surface area contributed by atoms with Crippen LogP contribution in [0.25, 0.3) is 0 Å². The molecule has 0 bridgehead atoms. The van der Waals surface area contributed by atoms with Crippen molar-refractivity contribution < 1.29 is 23.5 Å². The predicted octanol–water partition coefficient (Wildman–Crippen LogP) is 3.87. The number of carbonyl (C=O) groups excluding carboxylic acids is 2. The molecule has 3 aromatic rings. The lowest BCUT2D eigenvalue weighted by molar-refractivity contribution is -0.121. The Hall–Kier alpha value is -3.94. The van der Waals surface area contributed by atoms with Gasteiger partial charge in [-0.2, -0.15) is 0 Å². The molecule has 0 radical (unpaired) electrons. The van der Waals surface area contributed by atoms with E-state index in [2.05, 4.69) is 4.90 Å². The van der Waals surface area contributed by atoms with E-state index in [0.717, 1.165) is 17.0 Å². The Morgan fingerprint density at radius 3 is 2.60 bits per heavy atom. The monoisotopic (exact) mass is 475 g/mol. The number of nitrogens with zero attached hydrogens (tertiary/aromatic N) is 3. The fourth-order valence-electron chi connectivity index (χ4n) is 4.52. The fraction of sp³-hybridized carbons (Fsp3) is 0.333. The Balaban J connectivity index is 1.24. The smallest absolute Gasteiger partial charge is 0.289 e. The first kappa shape index (κ1) is 22.8. The standard InChI is InChI=1S/C27H29N3O5/c1-3-33-23-7-5-4-6-21(23)28-12-14-29(15-13-28)27(32)25-11-9-20(35-25)17-30-22-16-19(2)8-10-24(22)34-18-26(30)31/h4-11,16H,3,12-15,17-18H2,1-2H3. The van der Waals surface area contributed by atoms with E-state index in [9.17, 15) is 9.59 Å². The summed E-state index contributed by atoms with van der Waals surface area (Å²) < 4.78 is 17.2. The number of fused-ring (bicyclic) bond motifs is 1. The van der Waals surface area contributed by atoms with Crippen LogP contribution in [0.15, 0.2) is 59.0 Å². The molecule has 8 nitrogen and oxygen atoms in total. The SMILES string of the molecule is CCOc1ccccc1N1CCN(C(=O)c2ccc(CN3C(=O)COc4ccc(C)cc43)o2)CC1. The van der Waals surface area contributed by atoms with Gasteiger partial charge in [0, 0.05) is 26.2 Å². The van der Waals surface area contributed by atoms with Crippen molar-refractivity contribution in [3.8, 4) is 11.5 Å². The van der Waals surface area contributed by atoms with Crippen molar-refractivity contribution in [3.63, 3.8) is 0 Å². The maximum atomic E-state index is 13.1. The number of rotatable bonds is 6. The number of hydrogen-bond donors (Lipinski definition) is 0. The van der Waals surface area contributed by atoms with Gasteiger partial charge >= 0.3 is 0 Å². The molecule has 1 fully saturated rings. The van der Waals surface area contributed by atoms with E-state index in [4.69, 9.17) is 13.9 Å². The molecule has 2 amide bonds. The van der Waals surface area contributed by atoms with Gasteiger partial charge in [0.25, 0.3) is 11.8 Å². The molecular formula is C27H29N3O5. The maximum absolute atomic E-state index is 13.1. The summed E-state index contributed by atoms with van der Waals surface area (Å²) in [5, 5.41) is 0. The van der Waals surface area contributed by atoms with E-state index < -0.39 is 0 Å². The molecule has 0 spiro atoms. The normalized spacial score (nSPS) is 15.6. The molecule has 0 atom stereocenters. The van der Waals surface area contributed by atoms with Crippen LogP contribution in [-0.4, -0.2) is 56.1 Å². The number of aryl methyl sites for hydroxylation is 1. The second-order valence-electron chi connectivity index (χ2n) is 8.69. The quantitative estimate of drug-likeness (QED) is 0.539. The number of carbonyl (C=O) groups is 2. The summed E-state index contributed by atoms with van der Waals surface area (Å²) in [7, 11) is 0. The first-order valence-electron chi connectivity index (χ1n) is 11.9. The number of furan rings is 1. The molecule has 0 N–H and O–H groups in total. The van der Waals surface area contributed by atoms with Gasteiger partial charge in [-0.15, -0.1) is 0 Å². The molecule has 3 heterocycles. The second kappa shape index (κ2) is 9.74. The highest BCUT2D eigenvalue weighted by molar-refractivity contribution is 5.98. The number of hydrogen-bond acceptors (Lipinski definition) is 6. The number of piperazine rings is 1. The van der Waals surface area contributed by atoms with Crippen LogP contribution in [-0.2, 0) is 11.3 Å². The third-order valence-corrected chi connectivity index (χ3v) is 6.32. The topological polar surface area (TPSA) is 75.5 Å². The number of anilines is 2. The molecule has 8 heteroatoms. The van der Waals surface area contributed by atoms with Crippen LogP contribution >= 0.6 is 0 Å². The predicted molar refractivity (Wildman–Crippen MR) is 132 cm³/mol.